The van der Waals surface area contributed by atoms with Gasteiger partial charge in [0, 0.05) is 43.0 Å². The van der Waals surface area contributed by atoms with Gasteiger partial charge in [0.25, 0.3) is 5.56 Å². The van der Waals surface area contributed by atoms with Gasteiger partial charge in [-0.1, -0.05) is 6.07 Å². The molecule has 1 aromatic heterocycles. The van der Waals surface area contributed by atoms with Crippen LogP contribution in [0.1, 0.15) is 24.5 Å². The topological polar surface area (TPSA) is 83.4 Å². The van der Waals surface area contributed by atoms with Crippen molar-refractivity contribution in [3.05, 3.63) is 64.3 Å². The number of nitrogens with one attached hydrogen (secondary N) is 2. The van der Waals surface area contributed by atoms with Crippen molar-refractivity contribution in [2.24, 2.45) is 5.92 Å². The number of rotatable bonds is 6. The fraction of sp³-hybridized carbons (Fsp3) is 0.435. The third-order valence-corrected chi connectivity index (χ3v) is 6.75. The molecule has 1 aromatic carbocycles. The number of benzene rings is 1. The smallest absolute Gasteiger partial charge is 0.318 e. The third kappa shape index (κ3) is 4.98. The molecule has 0 radical (unpaired) electrons. The van der Waals surface area contributed by atoms with Gasteiger partial charge in [-0.3, -0.25) is 9.59 Å². The summed E-state index contributed by atoms with van der Waals surface area (Å²) in [7, 11) is 0. The number of aromatic nitrogens is 1. The average molecular weight is 459 g/mol. The molecule has 2 aliphatic rings. The molecular weight excluding hydrogens is 431 g/mol. The lowest BCUT2D eigenvalue weighted by Gasteiger charge is -2.43. The Hall–Kier alpha value is -2.81. The normalized spacial score (nSPS) is 20.2. The first-order valence-electron chi connectivity index (χ1n) is 10.7. The van der Waals surface area contributed by atoms with Crippen molar-refractivity contribution in [3.8, 4) is 0 Å². The van der Waals surface area contributed by atoms with Crippen LogP contribution in [0.2, 0.25) is 0 Å². The molecule has 3 heterocycles. The number of hydrogen-bond acceptors (Lipinski definition) is 4. The second-order valence-corrected chi connectivity index (χ2v) is 9.37. The van der Waals surface area contributed by atoms with Crippen LogP contribution in [0.15, 0.2) is 47.3 Å². The van der Waals surface area contributed by atoms with Crippen LogP contribution in [0.5, 0.6) is 0 Å². The molecular formula is C23H27FN4O3S. The second-order valence-electron chi connectivity index (χ2n) is 8.38. The van der Waals surface area contributed by atoms with Gasteiger partial charge in [0.1, 0.15) is 11.9 Å². The predicted molar refractivity (Wildman–Crippen MR) is 123 cm³/mol. The van der Waals surface area contributed by atoms with E-state index in [-0.39, 0.29) is 35.2 Å². The molecule has 4 rings (SSSR count). The van der Waals surface area contributed by atoms with Gasteiger partial charge in [-0.2, -0.15) is 11.8 Å². The molecule has 1 saturated heterocycles. The Morgan fingerprint density at radius 3 is 2.69 bits per heavy atom. The number of hydrogen-bond donors (Lipinski definition) is 2. The van der Waals surface area contributed by atoms with Gasteiger partial charge in [0.15, 0.2) is 0 Å². The number of halogens is 1. The minimum Gasteiger partial charge on any atom is -0.326 e. The zero-order chi connectivity index (χ0) is 22.7. The molecule has 3 atom stereocenters. The Morgan fingerprint density at radius 1 is 1.16 bits per heavy atom. The maximum Gasteiger partial charge on any atom is 0.318 e. The zero-order valence-electron chi connectivity index (χ0n) is 17.9. The first-order chi connectivity index (χ1) is 15.4. The number of thioether (sulfide) groups is 1. The maximum absolute atomic E-state index is 13.1. The van der Waals surface area contributed by atoms with E-state index in [0.29, 0.717) is 37.5 Å². The van der Waals surface area contributed by atoms with Crippen molar-refractivity contribution in [2.45, 2.75) is 31.3 Å². The molecule has 170 valence electrons. The zero-order valence-corrected chi connectivity index (χ0v) is 18.7. The molecule has 2 aromatic rings. The van der Waals surface area contributed by atoms with Gasteiger partial charge in [0.2, 0.25) is 5.91 Å². The molecule has 0 aliphatic carbocycles. The summed E-state index contributed by atoms with van der Waals surface area (Å²) in [6.07, 6.45) is 3.38. The van der Waals surface area contributed by atoms with Crippen molar-refractivity contribution in [1.29, 1.82) is 0 Å². The van der Waals surface area contributed by atoms with Gasteiger partial charge in [-0.25, -0.2) is 9.18 Å². The molecule has 2 bridgehead atoms. The van der Waals surface area contributed by atoms with Crippen LogP contribution >= 0.6 is 11.8 Å². The van der Waals surface area contributed by atoms with E-state index in [1.807, 2.05) is 16.9 Å². The highest BCUT2D eigenvalue weighted by molar-refractivity contribution is 7.98. The van der Waals surface area contributed by atoms with Gasteiger partial charge in [-0.15, -0.1) is 0 Å². The van der Waals surface area contributed by atoms with Crippen LogP contribution in [-0.4, -0.2) is 52.5 Å². The molecule has 0 saturated carbocycles. The van der Waals surface area contributed by atoms with Crippen LogP contribution in [0, 0.1) is 11.7 Å². The van der Waals surface area contributed by atoms with E-state index >= 15 is 0 Å². The minimum atomic E-state index is -0.698. The summed E-state index contributed by atoms with van der Waals surface area (Å²) in [5, 5.41) is 5.66. The summed E-state index contributed by atoms with van der Waals surface area (Å²) in [5.74, 6) is 0.330. The number of nitrogens with zero attached hydrogens (tertiary/aromatic N) is 2. The monoisotopic (exact) mass is 458 g/mol. The highest BCUT2D eigenvalue weighted by Gasteiger charge is 2.37. The SMILES string of the molecule is CSCC[C@H](NC(=O)N1C[C@@H]2C[C@@H](C1)c1cccc(=O)n1C2)C(=O)Nc1ccc(F)cc1. The minimum absolute atomic E-state index is 0.00435. The highest BCUT2D eigenvalue weighted by atomic mass is 32.2. The van der Waals surface area contributed by atoms with E-state index in [2.05, 4.69) is 10.6 Å². The molecule has 3 amide bonds. The lowest BCUT2D eigenvalue weighted by Crippen LogP contribution is -2.55. The number of pyridine rings is 1. The second kappa shape index (κ2) is 9.77. The average Bonchev–Trinajstić information content (AvgIpc) is 2.78. The predicted octanol–water partition coefficient (Wildman–Crippen LogP) is 2.88. The number of amides is 3. The number of carbonyl (C=O) groups excluding carboxylic acids is 2. The maximum atomic E-state index is 13.1. The van der Waals surface area contributed by atoms with E-state index in [1.165, 1.54) is 24.3 Å². The van der Waals surface area contributed by atoms with Crippen LogP contribution < -0.4 is 16.2 Å². The van der Waals surface area contributed by atoms with Crippen molar-refractivity contribution in [3.63, 3.8) is 0 Å². The van der Waals surface area contributed by atoms with Crippen LogP contribution in [-0.2, 0) is 11.3 Å². The molecule has 2 N–H and O–H groups in total. The van der Waals surface area contributed by atoms with E-state index in [0.717, 1.165) is 12.1 Å². The largest absolute Gasteiger partial charge is 0.326 e. The summed E-state index contributed by atoms with van der Waals surface area (Å²) in [5.41, 5.74) is 1.46. The fourth-order valence-corrected chi connectivity index (χ4v) is 5.04. The first kappa shape index (κ1) is 22.4. The van der Waals surface area contributed by atoms with Gasteiger partial charge < -0.3 is 20.1 Å². The number of piperidine rings is 1. The number of fused-ring (bicyclic) bond motifs is 4. The Morgan fingerprint density at radius 2 is 1.94 bits per heavy atom. The highest BCUT2D eigenvalue weighted by Crippen LogP contribution is 2.34. The van der Waals surface area contributed by atoms with Crippen molar-refractivity contribution < 1.29 is 14.0 Å². The molecule has 2 aliphatic heterocycles. The van der Waals surface area contributed by atoms with E-state index in [1.54, 1.807) is 28.8 Å². The third-order valence-electron chi connectivity index (χ3n) is 6.10. The summed E-state index contributed by atoms with van der Waals surface area (Å²) >= 11 is 1.60. The van der Waals surface area contributed by atoms with Crippen molar-refractivity contribution >= 4 is 29.4 Å². The van der Waals surface area contributed by atoms with Crippen LogP contribution in [0.4, 0.5) is 14.9 Å². The van der Waals surface area contributed by atoms with E-state index in [9.17, 15) is 18.8 Å². The summed E-state index contributed by atoms with van der Waals surface area (Å²) in [4.78, 5) is 39.9. The van der Waals surface area contributed by atoms with Crippen LogP contribution in [0.25, 0.3) is 0 Å². The number of anilines is 1. The lowest BCUT2D eigenvalue weighted by atomic mass is 9.83. The number of likely N-dealkylation sites (tertiary alicyclic amines) is 1. The van der Waals surface area contributed by atoms with Crippen molar-refractivity contribution in [1.82, 2.24) is 14.8 Å². The number of urea groups is 1. The Labute approximate surface area is 190 Å². The van der Waals surface area contributed by atoms with Gasteiger partial charge in [0.05, 0.1) is 0 Å². The van der Waals surface area contributed by atoms with E-state index < -0.39 is 6.04 Å². The molecule has 0 spiro atoms. The van der Waals surface area contributed by atoms with Gasteiger partial charge >= 0.3 is 6.03 Å². The first-order valence-corrected chi connectivity index (χ1v) is 12.1. The standard InChI is InChI=1S/C23H27FN4O3S/c1-32-10-9-19(22(30)25-18-7-5-17(24)6-8-18)26-23(31)27-12-15-11-16(14-27)20-3-2-4-21(29)28(20)13-15/h2-8,15-16,19H,9-14H2,1H3,(H,25,30)(H,26,31)/t15-,16-,19-/m0/s1. The molecule has 32 heavy (non-hydrogen) atoms. The molecule has 9 heteroatoms. The molecule has 7 nitrogen and oxygen atoms in total. The van der Waals surface area contributed by atoms with Gasteiger partial charge in [-0.05, 0) is 61.1 Å². The quantitative estimate of drug-likeness (QED) is 0.697. The summed E-state index contributed by atoms with van der Waals surface area (Å²) in [6.45, 7) is 1.68. The van der Waals surface area contributed by atoms with Crippen LogP contribution in [0.3, 0.4) is 0 Å². The molecule has 1 fully saturated rings. The Balaban J connectivity index is 1.43. The summed E-state index contributed by atoms with van der Waals surface area (Å²) < 4.78 is 15.0. The Bertz CT molecular complexity index is 1040. The van der Waals surface area contributed by atoms with E-state index in [4.69, 9.17) is 0 Å². The fourth-order valence-electron chi connectivity index (χ4n) is 4.57. The summed E-state index contributed by atoms with van der Waals surface area (Å²) in [6, 6.07) is 9.88. The molecule has 0 unspecified atom stereocenters. The van der Waals surface area contributed by atoms with Crippen molar-refractivity contribution in [2.75, 3.05) is 30.4 Å². The lowest BCUT2D eigenvalue weighted by molar-refractivity contribution is -0.118. The Kier molecular flexibility index (Phi) is 6.83. The number of carbonyl (C=O) groups is 2.